The van der Waals surface area contributed by atoms with Crippen LogP contribution in [-0.4, -0.2) is 18.6 Å². The van der Waals surface area contributed by atoms with Crippen LogP contribution in [0.1, 0.15) is 0 Å². The molecule has 0 aliphatic heterocycles. The number of rotatable bonds is 5. The molecule has 2 rings (SSSR count). The minimum atomic E-state index is -5.14. The number of carbonyl (C=O) groups is 1. The third-order valence-corrected chi connectivity index (χ3v) is 2.39. The van der Waals surface area contributed by atoms with Gasteiger partial charge in [0.1, 0.15) is 11.5 Å². The van der Waals surface area contributed by atoms with Crippen molar-refractivity contribution in [2.45, 2.75) is 12.7 Å². The molecule has 0 N–H and O–H groups in total. The average Bonchev–Trinajstić information content (AvgIpc) is 2.48. The topological polar surface area (TPSA) is 44.8 Å². The van der Waals surface area contributed by atoms with E-state index < -0.39 is 18.6 Å². The van der Waals surface area contributed by atoms with Crippen molar-refractivity contribution >= 4 is 5.97 Å². The molecule has 116 valence electrons. The van der Waals surface area contributed by atoms with E-state index in [0.717, 1.165) is 0 Å². The Bertz CT molecular complexity index is 558. The van der Waals surface area contributed by atoms with E-state index in [1.807, 2.05) is 0 Å². The first-order chi connectivity index (χ1) is 10.4. The van der Waals surface area contributed by atoms with Gasteiger partial charge in [-0.1, -0.05) is 36.4 Å². The van der Waals surface area contributed by atoms with E-state index in [2.05, 4.69) is 4.74 Å². The molecule has 0 spiro atoms. The number of hydrogen-bond donors (Lipinski definition) is 0. The Labute approximate surface area is 124 Å². The molecule has 0 aliphatic rings. The van der Waals surface area contributed by atoms with Crippen molar-refractivity contribution in [1.82, 2.24) is 0 Å². The third-order valence-electron chi connectivity index (χ3n) is 2.39. The molecule has 0 saturated heterocycles. The quantitative estimate of drug-likeness (QED) is 0.626. The third kappa shape index (κ3) is 4.69. The van der Waals surface area contributed by atoms with Gasteiger partial charge in [0.15, 0.2) is 0 Å². The van der Waals surface area contributed by atoms with E-state index >= 15 is 0 Å². The average molecular weight is 312 g/mol. The Kier molecular flexibility index (Phi) is 4.88. The first-order valence-corrected chi connectivity index (χ1v) is 6.16. The van der Waals surface area contributed by atoms with Gasteiger partial charge >= 0.3 is 18.6 Å². The van der Waals surface area contributed by atoms with Crippen molar-refractivity contribution in [2.24, 2.45) is 0 Å². The molecule has 0 aromatic heterocycles. The van der Waals surface area contributed by atoms with Crippen molar-refractivity contribution in [1.29, 1.82) is 0 Å². The predicted molar refractivity (Wildman–Crippen MR) is 70.1 cm³/mol. The van der Waals surface area contributed by atoms with Gasteiger partial charge in [-0.3, -0.25) is 0 Å². The monoisotopic (exact) mass is 312 g/mol. The number of benzene rings is 2. The summed E-state index contributed by atoms with van der Waals surface area (Å²) in [7, 11) is 0. The number of alkyl halides is 3. The molecule has 0 atom stereocenters. The zero-order chi connectivity index (χ0) is 16.0. The highest BCUT2D eigenvalue weighted by Gasteiger charge is 2.43. The molecule has 2 aromatic rings. The zero-order valence-corrected chi connectivity index (χ0v) is 11.1. The highest BCUT2D eigenvalue weighted by Crippen LogP contribution is 2.21. The lowest BCUT2D eigenvalue weighted by Crippen LogP contribution is -2.36. The van der Waals surface area contributed by atoms with Crippen LogP contribution in [0.3, 0.4) is 0 Å². The van der Waals surface area contributed by atoms with Gasteiger partial charge in [-0.05, 0) is 24.3 Å². The van der Waals surface area contributed by atoms with Crippen LogP contribution in [0.5, 0.6) is 11.5 Å². The Morgan fingerprint density at radius 1 is 0.818 bits per heavy atom. The van der Waals surface area contributed by atoms with Crippen molar-refractivity contribution < 1.29 is 32.2 Å². The molecule has 0 radical (unpaired) electrons. The summed E-state index contributed by atoms with van der Waals surface area (Å²) in [6.45, 7) is -1.86. The summed E-state index contributed by atoms with van der Waals surface area (Å²) in [4.78, 5) is 10.9. The Balaban J connectivity index is 2.11. The second-order valence-electron chi connectivity index (χ2n) is 4.05. The van der Waals surface area contributed by atoms with Crippen LogP contribution in [-0.2, 0) is 9.53 Å². The summed E-state index contributed by atoms with van der Waals surface area (Å²) in [5.74, 6) is -2.01. The van der Waals surface area contributed by atoms with Crippen LogP contribution in [0.25, 0.3) is 0 Å². The van der Waals surface area contributed by atoms with Crippen molar-refractivity contribution in [3.05, 3.63) is 60.7 Å². The van der Waals surface area contributed by atoms with Gasteiger partial charge < -0.3 is 14.2 Å². The van der Waals surface area contributed by atoms with E-state index in [9.17, 15) is 18.0 Å². The van der Waals surface area contributed by atoms with Gasteiger partial charge in [-0.25, -0.2) is 4.79 Å². The van der Waals surface area contributed by atoms with Crippen LogP contribution in [0.15, 0.2) is 60.7 Å². The van der Waals surface area contributed by atoms with Crippen molar-refractivity contribution in [3.63, 3.8) is 0 Å². The first kappa shape index (κ1) is 15.7. The van der Waals surface area contributed by atoms with Gasteiger partial charge in [-0.15, -0.1) is 0 Å². The zero-order valence-electron chi connectivity index (χ0n) is 11.1. The van der Waals surface area contributed by atoms with E-state index in [4.69, 9.17) is 9.47 Å². The standard InChI is InChI=1S/C15H11F3O4/c16-15(17,18)13(19)22-14(20-11-7-3-1-4-8-11)21-12-9-5-2-6-10-12/h1-10,14H. The fraction of sp³-hybridized carbons (Fsp3) is 0.133. The number of ether oxygens (including phenoxy) is 3. The molecule has 0 aliphatic carbocycles. The molecule has 0 fully saturated rings. The predicted octanol–water partition coefficient (Wildman–Crippen LogP) is 3.53. The second kappa shape index (κ2) is 6.84. The lowest BCUT2D eigenvalue weighted by atomic mass is 10.3. The van der Waals surface area contributed by atoms with Gasteiger partial charge in [0.05, 0.1) is 0 Å². The number of carbonyl (C=O) groups excluding carboxylic acids is 1. The summed E-state index contributed by atoms with van der Waals surface area (Å²) in [5.41, 5.74) is 0. The number of para-hydroxylation sites is 2. The Morgan fingerprint density at radius 2 is 1.23 bits per heavy atom. The summed E-state index contributed by atoms with van der Waals surface area (Å²) in [6.07, 6.45) is -5.14. The SMILES string of the molecule is O=C(OC(Oc1ccccc1)Oc1ccccc1)C(F)(F)F. The second-order valence-corrected chi connectivity index (χ2v) is 4.05. The first-order valence-electron chi connectivity index (χ1n) is 6.16. The highest BCUT2D eigenvalue weighted by molar-refractivity contribution is 5.75. The Morgan fingerprint density at radius 3 is 1.59 bits per heavy atom. The maximum Gasteiger partial charge on any atom is 0.491 e. The van der Waals surface area contributed by atoms with Gasteiger partial charge in [0, 0.05) is 0 Å². The maximum absolute atomic E-state index is 12.3. The smallest absolute Gasteiger partial charge is 0.423 e. The summed E-state index contributed by atoms with van der Waals surface area (Å²) in [5, 5.41) is 0. The van der Waals surface area contributed by atoms with Crippen LogP contribution in [0.4, 0.5) is 13.2 Å². The van der Waals surface area contributed by atoms with Gasteiger partial charge in [0.25, 0.3) is 0 Å². The fourth-order valence-corrected chi connectivity index (χ4v) is 1.45. The van der Waals surface area contributed by atoms with Gasteiger partial charge in [-0.2, -0.15) is 13.2 Å². The minimum absolute atomic E-state index is 0.193. The summed E-state index contributed by atoms with van der Waals surface area (Å²) < 4.78 is 51.4. The van der Waals surface area contributed by atoms with E-state index in [1.165, 1.54) is 24.3 Å². The molecule has 4 nitrogen and oxygen atoms in total. The van der Waals surface area contributed by atoms with Crippen LogP contribution in [0, 0.1) is 0 Å². The Hall–Kier alpha value is -2.70. The maximum atomic E-state index is 12.3. The van der Waals surface area contributed by atoms with E-state index in [0.29, 0.717) is 0 Å². The molecule has 0 saturated carbocycles. The molecule has 7 heteroatoms. The van der Waals surface area contributed by atoms with E-state index in [-0.39, 0.29) is 11.5 Å². The van der Waals surface area contributed by atoms with E-state index in [1.54, 1.807) is 36.4 Å². The van der Waals surface area contributed by atoms with Crippen LogP contribution >= 0.6 is 0 Å². The summed E-state index contributed by atoms with van der Waals surface area (Å²) >= 11 is 0. The van der Waals surface area contributed by atoms with Gasteiger partial charge in [0.2, 0.25) is 0 Å². The molecular weight excluding hydrogens is 301 g/mol. The van der Waals surface area contributed by atoms with Crippen LogP contribution < -0.4 is 9.47 Å². The van der Waals surface area contributed by atoms with Crippen molar-refractivity contribution in [3.8, 4) is 11.5 Å². The van der Waals surface area contributed by atoms with Crippen LogP contribution in [0.2, 0.25) is 0 Å². The molecule has 0 bridgehead atoms. The molecule has 2 aromatic carbocycles. The van der Waals surface area contributed by atoms with Crippen molar-refractivity contribution in [2.75, 3.05) is 0 Å². The summed E-state index contributed by atoms with van der Waals surface area (Å²) in [6, 6.07) is 15.8. The molecule has 22 heavy (non-hydrogen) atoms. The number of hydrogen-bond acceptors (Lipinski definition) is 4. The normalized spacial score (nSPS) is 11.1. The molecule has 0 amide bonds. The lowest BCUT2D eigenvalue weighted by molar-refractivity contribution is -0.244. The number of halogens is 3. The lowest BCUT2D eigenvalue weighted by Gasteiger charge is -2.20. The molecular formula is C15H11F3O4. The number of esters is 1. The highest BCUT2D eigenvalue weighted by atomic mass is 19.4. The largest absolute Gasteiger partial charge is 0.491 e. The molecule has 0 unspecified atom stereocenters. The molecule has 0 heterocycles. The minimum Gasteiger partial charge on any atom is -0.423 e. The fourth-order valence-electron chi connectivity index (χ4n) is 1.45.